The van der Waals surface area contributed by atoms with Crippen LogP contribution < -0.4 is 0 Å². The van der Waals surface area contributed by atoms with E-state index in [1.807, 2.05) is 0 Å². The Hall–Kier alpha value is -0.710. The Morgan fingerprint density at radius 2 is 1.76 bits per heavy atom. The van der Waals surface area contributed by atoms with Gasteiger partial charge in [0.25, 0.3) is 0 Å². The topological polar surface area (TPSA) is 77.8 Å². The third-order valence-corrected chi connectivity index (χ3v) is 12.0. The molecule has 0 aromatic carbocycles. The number of aliphatic hydroxyl groups excluding tert-OH is 2. The van der Waals surface area contributed by atoms with E-state index >= 15 is 0 Å². The lowest BCUT2D eigenvalue weighted by Crippen LogP contribution is -2.57. The minimum Gasteiger partial charge on any atom is -0.393 e. The molecule has 194 valence electrons. The first-order chi connectivity index (χ1) is 15.5. The van der Waals surface area contributed by atoms with Crippen molar-refractivity contribution in [2.24, 2.45) is 45.3 Å². The second-order valence-electron chi connectivity index (χ2n) is 14.5. The number of hydrogen-bond acceptors (Lipinski definition) is 4. The maximum absolute atomic E-state index is 12.8. The smallest absolute Gasteiger partial charge is 0.138 e. The van der Waals surface area contributed by atoms with Crippen molar-refractivity contribution in [1.29, 1.82) is 0 Å². The second kappa shape index (κ2) is 8.15. The van der Waals surface area contributed by atoms with E-state index in [-0.39, 0.29) is 39.6 Å². The van der Waals surface area contributed by atoms with Crippen molar-refractivity contribution in [2.75, 3.05) is 0 Å². The molecule has 0 bridgehead atoms. The van der Waals surface area contributed by atoms with Crippen molar-refractivity contribution < 1.29 is 20.1 Å². The zero-order valence-electron chi connectivity index (χ0n) is 22.9. The maximum atomic E-state index is 12.8. The van der Waals surface area contributed by atoms with Crippen LogP contribution in [0.4, 0.5) is 0 Å². The van der Waals surface area contributed by atoms with E-state index in [4.69, 9.17) is 0 Å². The van der Waals surface area contributed by atoms with Crippen LogP contribution in [0.1, 0.15) is 107 Å². The predicted molar refractivity (Wildman–Crippen MR) is 136 cm³/mol. The monoisotopic (exact) mass is 474 g/mol. The number of carbonyl (C=O) groups excluding carboxylic acids is 1. The van der Waals surface area contributed by atoms with Gasteiger partial charge in [0.15, 0.2) is 0 Å². The number of allylic oxidation sites excluding steroid dienone is 2. The molecule has 9 unspecified atom stereocenters. The highest BCUT2D eigenvalue weighted by atomic mass is 16.3. The molecule has 9 atom stereocenters. The number of ketones is 1. The number of aliphatic hydroxyl groups is 3. The first-order valence-electron chi connectivity index (χ1n) is 13.8. The van der Waals surface area contributed by atoms with E-state index in [0.29, 0.717) is 30.5 Å². The van der Waals surface area contributed by atoms with Gasteiger partial charge in [0, 0.05) is 11.8 Å². The number of rotatable bonds is 5. The quantitative estimate of drug-likeness (QED) is 0.448. The highest BCUT2D eigenvalue weighted by Crippen LogP contribution is 2.73. The molecule has 4 aliphatic carbocycles. The van der Waals surface area contributed by atoms with Gasteiger partial charge in [0.1, 0.15) is 5.78 Å². The summed E-state index contributed by atoms with van der Waals surface area (Å²) in [6.45, 7) is 17.2. The lowest BCUT2D eigenvalue weighted by atomic mass is 9.41. The van der Waals surface area contributed by atoms with Gasteiger partial charge >= 0.3 is 0 Å². The number of fused-ring (bicyclic) bond motifs is 5. The normalized spacial score (nSPS) is 45.6. The van der Waals surface area contributed by atoms with E-state index in [2.05, 4.69) is 47.6 Å². The molecule has 0 amide bonds. The van der Waals surface area contributed by atoms with E-state index in [1.165, 1.54) is 0 Å². The van der Waals surface area contributed by atoms with Crippen LogP contribution in [0.15, 0.2) is 11.6 Å². The lowest BCUT2D eigenvalue weighted by molar-refractivity contribution is -0.146. The van der Waals surface area contributed by atoms with Crippen LogP contribution in [0.2, 0.25) is 0 Å². The first kappa shape index (κ1) is 26.4. The molecule has 34 heavy (non-hydrogen) atoms. The summed E-state index contributed by atoms with van der Waals surface area (Å²) >= 11 is 0. The predicted octanol–water partition coefficient (Wildman–Crippen LogP) is 5.68. The molecule has 3 fully saturated rings. The molecule has 4 heteroatoms. The van der Waals surface area contributed by atoms with Gasteiger partial charge in [-0.25, -0.2) is 0 Å². The van der Waals surface area contributed by atoms with Gasteiger partial charge in [-0.05, 0) is 98.7 Å². The lowest BCUT2D eigenvalue weighted by Gasteiger charge is -2.63. The fourth-order valence-electron chi connectivity index (χ4n) is 9.58. The van der Waals surface area contributed by atoms with Crippen molar-refractivity contribution in [3.8, 4) is 0 Å². The zero-order chi connectivity index (χ0) is 25.5. The summed E-state index contributed by atoms with van der Waals surface area (Å²) in [7, 11) is 0. The van der Waals surface area contributed by atoms with Crippen LogP contribution in [0.3, 0.4) is 0 Å². The van der Waals surface area contributed by atoms with Crippen LogP contribution in [-0.2, 0) is 4.79 Å². The van der Waals surface area contributed by atoms with Gasteiger partial charge in [-0.2, -0.15) is 0 Å². The van der Waals surface area contributed by atoms with E-state index < -0.39 is 11.7 Å². The van der Waals surface area contributed by atoms with Gasteiger partial charge in [-0.3, -0.25) is 4.79 Å². The van der Waals surface area contributed by atoms with Crippen LogP contribution in [0.25, 0.3) is 0 Å². The first-order valence-corrected chi connectivity index (χ1v) is 13.8. The molecule has 0 aromatic rings. The average molecular weight is 475 g/mol. The molecule has 4 rings (SSSR count). The summed E-state index contributed by atoms with van der Waals surface area (Å²) in [5.41, 5.74) is 0.329. The summed E-state index contributed by atoms with van der Waals surface area (Å²) in [6.07, 6.45) is 8.45. The summed E-state index contributed by atoms with van der Waals surface area (Å²) in [5, 5.41) is 32.0. The molecule has 4 nitrogen and oxygen atoms in total. The van der Waals surface area contributed by atoms with Crippen molar-refractivity contribution in [1.82, 2.24) is 0 Å². The SMILES string of the molecule is CC(CCC(O)C(C)(C)O)C1C(O)CC2(C)C3=CCC4C(C)(C)C(=O)CCC4(C)C3CCC12C. The second-order valence-corrected chi connectivity index (χ2v) is 14.5. The standard InChI is InChI=1S/C30H50O4/c1-18(9-12-24(33)27(4,5)34)25-21(31)17-30(8)20-10-11-22-26(2,3)23(32)14-15-28(22,6)19(20)13-16-29(25,30)7/h10,18-19,21-22,24-25,31,33-34H,9,11-17H2,1-8H3. The highest BCUT2D eigenvalue weighted by molar-refractivity contribution is 5.85. The fraction of sp³-hybridized carbons (Fsp3) is 0.900. The molecular formula is C30H50O4. The van der Waals surface area contributed by atoms with E-state index in [1.54, 1.807) is 19.4 Å². The molecular weight excluding hydrogens is 424 g/mol. The summed E-state index contributed by atoms with van der Waals surface area (Å²) in [4.78, 5) is 12.8. The molecule has 3 N–H and O–H groups in total. The van der Waals surface area contributed by atoms with Crippen LogP contribution in [0, 0.1) is 45.3 Å². The third-order valence-electron chi connectivity index (χ3n) is 12.0. The van der Waals surface area contributed by atoms with Crippen molar-refractivity contribution in [2.45, 2.75) is 125 Å². The molecule has 0 spiro atoms. The van der Waals surface area contributed by atoms with Crippen LogP contribution >= 0.6 is 0 Å². The number of hydrogen-bond donors (Lipinski definition) is 3. The van der Waals surface area contributed by atoms with Gasteiger partial charge in [0.2, 0.25) is 0 Å². The van der Waals surface area contributed by atoms with Gasteiger partial charge in [0.05, 0.1) is 17.8 Å². The van der Waals surface area contributed by atoms with Crippen molar-refractivity contribution in [3.05, 3.63) is 11.6 Å². The summed E-state index contributed by atoms with van der Waals surface area (Å²) in [6, 6.07) is 0. The molecule has 0 radical (unpaired) electrons. The van der Waals surface area contributed by atoms with Crippen LogP contribution in [0.5, 0.6) is 0 Å². The Morgan fingerprint density at radius 1 is 1.12 bits per heavy atom. The van der Waals surface area contributed by atoms with Gasteiger partial charge in [-0.1, -0.05) is 53.2 Å². The number of carbonyl (C=O) groups is 1. The summed E-state index contributed by atoms with van der Waals surface area (Å²) < 4.78 is 0. The number of Topliss-reactive ketones (excluding diaryl/α,β-unsaturated/α-hetero) is 1. The highest BCUT2D eigenvalue weighted by Gasteiger charge is 2.67. The Bertz CT molecular complexity index is 852. The summed E-state index contributed by atoms with van der Waals surface area (Å²) in [5.74, 6) is 1.77. The minimum absolute atomic E-state index is 0.0110. The Kier molecular flexibility index (Phi) is 6.32. The molecule has 3 saturated carbocycles. The molecule has 0 saturated heterocycles. The molecule has 4 aliphatic rings. The third kappa shape index (κ3) is 3.60. The van der Waals surface area contributed by atoms with Gasteiger partial charge in [-0.15, -0.1) is 0 Å². The van der Waals surface area contributed by atoms with Gasteiger partial charge < -0.3 is 15.3 Å². The average Bonchev–Trinajstić information content (AvgIpc) is 2.93. The molecule has 0 aromatic heterocycles. The molecule has 0 heterocycles. The van der Waals surface area contributed by atoms with Crippen LogP contribution in [-0.4, -0.2) is 38.9 Å². The Morgan fingerprint density at radius 3 is 2.38 bits per heavy atom. The molecule has 0 aliphatic heterocycles. The fourth-order valence-corrected chi connectivity index (χ4v) is 9.58. The Labute approximate surface area is 207 Å². The zero-order valence-corrected chi connectivity index (χ0v) is 22.9. The van der Waals surface area contributed by atoms with Crippen molar-refractivity contribution in [3.63, 3.8) is 0 Å². The van der Waals surface area contributed by atoms with E-state index in [0.717, 1.165) is 38.5 Å². The largest absolute Gasteiger partial charge is 0.393 e. The maximum Gasteiger partial charge on any atom is 0.138 e. The Balaban J connectivity index is 1.63. The van der Waals surface area contributed by atoms with Crippen molar-refractivity contribution >= 4 is 5.78 Å². The minimum atomic E-state index is -1.10. The van der Waals surface area contributed by atoms with E-state index in [9.17, 15) is 20.1 Å².